The minimum absolute atomic E-state index is 0.0597. The van der Waals surface area contributed by atoms with Crippen molar-refractivity contribution in [2.45, 2.75) is 78.6 Å². The fraction of sp³-hybridized carbons (Fsp3) is 0.594. The van der Waals surface area contributed by atoms with Crippen LogP contribution >= 0.6 is 0 Å². The maximum Gasteiger partial charge on any atom is 0.320 e. The molecule has 0 saturated heterocycles. The van der Waals surface area contributed by atoms with Gasteiger partial charge in [-0.3, -0.25) is 33.8 Å². The fourth-order valence-corrected chi connectivity index (χ4v) is 4.18. The molecule has 0 aliphatic carbocycles. The minimum atomic E-state index is -1.19. The molecular formula is C32H49N3O10. The number of carboxylic acids is 2. The zero-order valence-electron chi connectivity index (χ0n) is 27.5. The van der Waals surface area contributed by atoms with Crippen LogP contribution in [-0.4, -0.2) is 113 Å². The molecule has 1 aromatic carbocycles. The summed E-state index contributed by atoms with van der Waals surface area (Å²) in [5, 5.41) is 22.0. The summed E-state index contributed by atoms with van der Waals surface area (Å²) in [5.41, 5.74) is -0.415. The standard InChI is InChI=1S/C32H49N3O10/c1-22(2)30(42)33-14-9-15-43-25-12-10-23(11-13-25)16-24(35(19-27(38)39)21-29(41)45-32(6,7)8)17-34(18-26(36)37)20-28(40)44-31(3,4)5/h10-13,24H,1,9,14-21H2,2-8H3,(H,33,42)(H,36,37)(H,38,39). The topological polar surface area (TPSA) is 172 Å². The van der Waals surface area contributed by atoms with E-state index in [1.165, 1.54) is 9.80 Å². The molecule has 252 valence electrons. The monoisotopic (exact) mass is 635 g/mol. The number of esters is 2. The molecule has 1 rings (SSSR count). The number of aliphatic carboxylic acids is 2. The highest BCUT2D eigenvalue weighted by molar-refractivity contribution is 5.92. The van der Waals surface area contributed by atoms with Gasteiger partial charge in [0.05, 0.1) is 32.8 Å². The third-order valence-electron chi connectivity index (χ3n) is 5.87. The zero-order chi connectivity index (χ0) is 34.4. The van der Waals surface area contributed by atoms with Gasteiger partial charge in [-0.2, -0.15) is 0 Å². The van der Waals surface area contributed by atoms with Crippen molar-refractivity contribution in [1.82, 2.24) is 15.1 Å². The van der Waals surface area contributed by atoms with E-state index in [-0.39, 0.29) is 32.0 Å². The van der Waals surface area contributed by atoms with Crippen molar-refractivity contribution in [3.05, 3.63) is 42.0 Å². The Morgan fingerprint density at radius 2 is 1.38 bits per heavy atom. The molecule has 45 heavy (non-hydrogen) atoms. The third kappa shape index (κ3) is 18.4. The van der Waals surface area contributed by atoms with Crippen molar-refractivity contribution in [1.29, 1.82) is 0 Å². The maximum atomic E-state index is 12.8. The van der Waals surface area contributed by atoms with Crippen LogP contribution in [0.4, 0.5) is 0 Å². The molecule has 0 aliphatic rings. The summed E-state index contributed by atoms with van der Waals surface area (Å²) in [4.78, 5) is 63.3. The summed E-state index contributed by atoms with van der Waals surface area (Å²) >= 11 is 0. The molecule has 0 aromatic heterocycles. The van der Waals surface area contributed by atoms with Crippen LogP contribution in [0.2, 0.25) is 0 Å². The first-order valence-electron chi connectivity index (χ1n) is 14.7. The number of hydrogen-bond acceptors (Lipinski definition) is 10. The zero-order valence-corrected chi connectivity index (χ0v) is 27.5. The fourth-order valence-electron chi connectivity index (χ4n) is 4.18. The van der Waals surface area contributed by atoms with E-state index in [0.717, 1.165) is 5.56 Å². The highest BCUT2D eigenvalue weighted by Gasteiger charge is 2.30. The Hall–Kier alpha value is -3.97. The van der Waals surface area contributed by atoms with Crippen LogP contribution in [-0.2, 0) is 39.9 Å². The van der Waals surface area contributed by atoms with Crippen molar-refractivity contribution >= 4 is 29.8 Å². The van der Waals surface area contributed by atoms with Gasteiger partial charge in [-0.25, -0.2) is 0 Å². The van der Waals surface area contributed by atoms with Gasteiger partial charge >= 0.3 is 23.9 Å². The van der Waals surface area contributed by atoms with E-state index in [2.05, 4.69) is 11.9 Å². The first kappa shape index (κ1) is 39.1. The first-order chi connectivity index (χ1) is 20.7. The summed E-state index contributed by atoms with van der Waals surface area (Å²) in [5.74, 6) is -3.30. The Morgan fingerprint density at radius 3 is 1.87 bits per heavy atom. The maximum absolute atomic E-state index is 12.8. The molecule has 0 radical (unpaired) electrons. The van der Waals surface area contributed by atoms with Crippen molar-refractivity contribution in [3.8, 4) is 5.75 Å². The average Bonchev–Trinajstić information content (AvgIpc) is 2.85. The number of carboxylic acid groups (broad SMARTS) is 2. The first-order valence-corrected chi connectivity index (χ1v) is 14.7. The lowest BCUT2D eigenvalue weighted by Crippen LogP contribution is -2.51. The number of ether oxygens (including phenoxy) is 3. The Kier molecular flexibility index (Phi) is 15.7. The quantitative estimate of drug-likeness (QED) is 0.115. The van der Waals surface area contributed by atoms with Gasteiger partial charge in [0.1, 0.15) is 17.0 Å². The van der Waals surface area contributed by atoms with Crippen molar-refractivity contribution in [2.24, 2.45) is 0 Å². The Labute approximate surface area is 265 Å². The van der Waals surface area contributed by atoms with Crippen molar-refractivity contribution < 1.29 is 48.4 Å². The van der Waals surface area contributed by atoms with E-state index in [9.17, 15) is 34.2 Å². The lowest BCUT2D eigenvalue weighted by molar-refractivity contribution is -0.160. The molecule has 0 aliphatic heterocycles. The summed E-state index contributed by atoms with van der Waals surface area (Å²) < 4.78 is 16.6. The normalized spacial score (nSPS) is 12.4. The van der Waals surface area contributed by atoms with Crippen LogP contribution in [0.3, 0.4) is 0 Å². The number of nitrogens with zero attached hydrogens (tertiary/aromatic N) is 2. The number of carbonyl (C=O) groups is 5. The molecule has 0 bridgehead atoms. The average molecular weight is 636 g/mol. The second-order valence-electron chi connectivity index (χ2n) is 12.8. The molecule has 0 fully saturated rings. The van der Waals surface area contributed by atoms with Crippen molar-refractivity contribution in [3.63, 3.8) is 0 Å². The molecular weight excluding hydrogens is 586 g/mol. The van der Waals surface area contributed by atoms with Crippen LogP contribution in [0.25, 0.3) is 0 Å². The highest BCUT2D eigenvalue weighted by Crippen LogP contribution is 2.18. The predicted octanol–water partition coefficient (Wildman–Crippen LogP) is 2.52. The van der Waals surface area contributed by atoms with E-state index in [1.807, 2.05) is 0 Å². The van der Waals surface area contributed by atoms with Gasteiger partial charge in [-0.15, -0.1) is 0 Å². The molecule has 1 amide bonds. The molecule has 3 N–H and O–H groups in total. The summed E-state index contributed by atoms with van der Waals surface area (Å²) in [7, 11) is 0. The predicted molar refractivity (Wildman–Crippen MR) is 167 cm³/mol. The molecule has 0 spiro atoms. The molecule has 13 heteroatoms. The van der Waals surface area contributed by atoms with Gasteiger partial charge in [0.2, 0.25) is 5.91 Å². The molecule has 1 aromatic rings. The van der Waals surface area contributed by atoms with Gasteiger partial charge < -0.3 is 29.7 Å². The van der Waals surface area contributed by atoms with E-state index < -0.39 is 54.2 Å². The second-order valence-corrected chi connectivity index (χ2v) is 12.8. The largest absolute Gasteiger partial charge is 0.494 e. The Bertz CT molecular complexity index is 1170. The van der Waals surface area contributed by atoms with Crippen molar-refractivity contribution in [2.75, 3.05) is 45.9 Å². The number of nitrogens with one attached hydrogen (secondary N) is 1. The number of amides is 1. The van der Waals surface area contributed by atoms with E-state index >= 15 is 0 Å². The number of hydrogen-bond donors (Lipinski definition) is 3. The van der Waals surface area contributed by atoms with Gasteiger partial charge in [0, 0.05) is 24.7 Å². The van der Waals surface area contributed by atoms with E-state index in [0.29, 0.717) is 30.9 Å². The SMILES string of the molecule is C=C(C)C(=O)NCCCOc1ccc(CC(CN(CC(=O)O)CC(=O)OC(C)(C)C)N(CC(=O)O)CC(=O)OC(C)(C)C)cc1. The van der Waals surface area contributed by atoms with Gasteiger partial charge in [-0.05, 0) is 79.0 Å². The molecule has 13 nitrogen and oxygen atoms in total. The number of carbonyl (C=O) groups excluding carboxylic acids is 3. The van der Waals surface area contributed by atoms with Crippen LogP contribution < -0.4 is 10.1 Å². The van der Waals surface area contributed by atoms with Gasteiger partial charge in [0.25, 0.3) is 0 Å². The lowest BCUT2D eigenvalue weighted by Gasteiger charge is -2.34. The highest BCUT2D eigenvalue weighted by atomic mass is 16.6. The molecule has 0 saturated carbocycles. The Balaban J connectivity index is 3.20. The van der Waals surface area contributed by atoms with Gasteiger partial charge in [-0.1, -0.05) is 18.7 Å². The van der Waals surface area contributed by atoms with Crippen LogP contribution in [0, 0.1) is 0 Å². The summed E-state index contributed by atoms with van der Waals surface area (Å²) in [6, 6.07) is 6.34. The Morgan fingerprint density at radius 1 is 0.844 bits per heavy atom. The summed E-state index contributed by atoms with van der Waals surface area (Å²) in [6.45, 7) is 14.3. The van der Waals surface area contributed by atoms with Crippen LogP contribution in [0.15, 0.2) is 36.4 Å². The van der Waals surface area contributed by atoms with E-state index in [1.54, 1.807) is 72.7 Å². The van der Waals surface area contributed by atoms with Crippen LogP contribution in [0.5, 0.6) is 5.75 Å². The molecule has 1 unspecified atom stereocenters. The third-order valence-corrected chi connectivity index (χ3v) is 5.87. The summed E-state index contributed by atoms with van der Waals surface area (Å²) in [6.07, 6.45) is 0.794. The number of benzene rings is 1. The second kappa shape index (κ2) is 18.1. The minimum Gasteiger partial charge on any atom is -0.494 e. The smallest absolute Gasteiger partial charge is 0.320 e. The van der Waals surface area contributed by atoms with Gasteiger partial charge in [0.15, 0.2) is 0 Å². The lowest BCUT2D eigenvalue weighted by atomic mass is 10.0. The molecule has 1 atom stereocenters. The molecule has 0 heterocycles. The van der Waals surface area contributed by atoms with E-state index in [4.69, 9.17) is 14.2 Å². The van der Waals surface area contributed by atoms with Crippen LogP contribution in [0.1, 0.15) is 60.5 Å². The number of rotatable bonds is 19.